The van der Waals surface area contributed by atoms with E-state index in [9.17, 15) is 4.39 Å². The van der Waals surface area contributed by atoms with Crippen LogP contribution in [0.5, 0.6) is 0 Å². The molecule has 1 aliphatic heterocycles. The van der Waals surface area contributed by atoms with Gasteiger partial charge in [-0.2, -0.15) is 0 Å². The molecule has 0 amide bonds. The van der Waals surface area contributed by atoms with Gasteiger partial charge in [0.1, 0.15) is 5.82 Å². The first-order valence-corrected chi connectivity index (χ1v) is 8.65. The molecule has 124 valence electrons. The van der Waals surface area contributed by atoms with Crippen LogP contribution in [0.4, 0.5) is 10.1 Å². The Morgan fingerprint density at radius 2 is 1.75 bits per heavy atom. The van der Waals surface area contributed by atoms with E-state index in [1.807, 2.05) is 0 Å². The molecular formula is C18H15Cl2FN2S. The standard InChI is InChI=1S/C18H15Cl2FN2S/c19-14-9-15(20)11-17(10-14)22-18(24)23-7-5-13(6-8-23)12-1-3-16(21)4-2-12/h1-5,9-11H,6-8H2,(H,22,24). The molecule has 0 saturated heterocycles. The van der Waals surface area contributed by atoms with Crippen LogP contribution in [-0.2, 0) is 0 Å². The third-order valence-corrected chi connectivity index (χ3v) is 4.62. The van der Waals surface area contributed by atoms with Gasteiger partial charge < -0.3 is 10.2 Å². The maximum Gasteiger partial charge on any atom is 0.173 e. The van der Waals surface area contributed by atoms with Crippen LogP contribution in [-0.4, -0.2) is 23.1 Å². The number of nitrogens with zero attached hydrogens (tertiary/aromatic N) is 1. The minimum atomic E-state index is -0.220. The molecule has 0 bridgehead atoms. The van der Waals surface area contributed by atoms with Crippen molar-refractivity contribution < 1.29 is 4.39 Å². The predicted molar refractivity (Wildman–Crippen MR) is 103 cm³/mol. The number of benzene rings is 2. The molecule has 2 aromatic carbocycles. The Morgan fingerprint density at radius 3 is 2.33 bits per heavy atom. The second-order valence-electron chi connectivity index (χ2n) is 5.52. The van der Waals surface area contributed by atoms with Crippen LogP contribution in [0, 0.1) is 5.82 Å². The summed E-state index contributed by atoms with van der Waals surface area (Å²) < 4.78 is 13.0. The molecule has 1 heterocycles. The summed E-state index contributed by atoms with van der Waals surface area (Å²) in [5.41, 5.74) is 3.03. The van der Waals surface area contributed by atoms with Crippen LogP contribution >= 0.6 is 35.4 Å². The fourth-order valence-corrected chi connectivity index (χ4v) is 3.42. The van der Waals surface area contributed by atoms with Crippen molar-refractivity contribution in [2.75, 3.05) is 18.4 Å². The molecule has 2 nitrogen and oxygen atoms in total. The Bertz CT molecular complexity index is 770. The predicted octanol–water partition coefficient (Wildman–Crippen LogP) is 5.62. The monoisotopic (exact) mass is 380 g/mol. The first-order valence-electron chi connectivity index (χ1n) is 7.48. The molecule has 0 fully saturated rings. The average Bonchev–Trinajstić information content (AvgIpc) is 2.55. The van der Waals surface area contributed by atoms with Crippen molar-refractivity contribution in [1.29, 1.82) is 0 Å². The SMILES string of the molecule is Fc1ccc(C2=CCN(C(=S)Nc3cc(Cl)cc(Cl)c3)CC2)cc1. The molecule has 6 heteroatoms. The summed E-state index contributed by atoms with van der Waals surface area (Å²) in [6.07, 6.45) is 2.97. The molecule has 0 aliphatic carbocycles. The Kier molecular flexibility index (Phi) is 5.39. The van der Waals surface area contributed by atoms with Crippen LogP contribution in [0.3, 0.4) is 0 Å². The van der Waals surface area contributed by atoms with Crippen LogP contribution in [0.2, 0.25) is 10.0 Å². The Hall–Kier alpha value is -1.62. The van der Waals surface area contributed by atoms with Crippen LogP contribution < -0.4 is 5.32 Å². The summed E-state index contributed by atoms with van der Waals surface area (Å²) in [5.74, 6) is -0.220. The highest BCUT2D eigenvalue weighted by atomic mass is 35.5. The van der Waals surface area contributed by atoms with Crippen LogP contribution in [0.15, 0.2) is 48.5 Å². The molecule has 1 N–H and O–H groups in total. The maximum atomic E-state index is 13.0. The van der Waals surface area contributed by atoms with Crippen LogP contribution in [0.25, 0.3) is 5.57 Å². The van der Waals surface area contributed by atoms with Crippen molar-refractivity contribution in [3.05, 3.63) is 70.0 Å². The van der Waals surface area contributed by atoms with E-state index >= 15 is 0 Å². The van der Waals surface area contributed by atoms with Crippen molar-refractivity contribution in [1.82, 2.24) is 4.90 Å². The van der Waals surface area contributed by atoms with Crippen molar-refractivity contribution in [3.8, 4) is 0 Å². The Balaban J connectivity index is 1.65. The van der Waals surface area contributed by atoms with Gasteiger partial charge in [-0.1, -0.05) is 41.4 Å². The van der Waals surface area contributed by atoms with E-state index in [1.54, 1.807) is 30.3 Å². The number of hydrogen-bond donors (Lipinski definition) is 1. The molecular weight excluding hydrogens is 366 g/mol. The van der Waals surface area contributed by atoms with Gasteiger partial charge in [0, 0.05) is 28.8 Å². The van der Waals surface area contributed by atoms with Crippen LogP contribution in [0.1, 0.15) is 12.0 Å². The zero-order chi connectivity index (χ0) is 17.1. The van der Waals surface area contributed by atoms with Gasteiger partial charge >= 0.3 is 0 Å². The largest absolute Gasteiger partial charge is 0.345 e. The molecule has 0 saturated carbocycles. The third-order valence-electron chi connectivity index (χ3n) is 3.83. The average molecular weight is 381 g/mol. The Morgan fingerprint density at radius 1 is 1.08 bits per heavy atom. The summed E-state index contributed by atoms with van der Waals surface area (Å²) in [7, 11) is 0. The van der Waals surface area contributed by atoms with Gasteiger partial charge in [-0.25, -0.2) is 4.39 Å². The molecule has 0 radical (unpaired) electrons. The number of rotatable bonds is 2. The highest BCUT2D eigenvalue weighted by molar-refractivity contribution is 7.80. The topological polar surface area (TPSA) is 15.3 Å². The van der Waals surface area contributed by atoms with E-state index in [-0.39, 0.29) is 5.82 Å². The summed E-state index contributed by atoms with van der Waals surface area (Å²) in [4.78, 5) is 2.07. The lowest BCUT2D eigenvalue weighted by Gasteiger charge is -2.29. The molecule has 1 aliphatic rings. The van der Waals surface area contributed by atoms with E-state index in [4.69, 9.17) is 35.4 Å². The third kappa shape index (κ3) is 4.26. The maximum absolute atomic E-state index is 13.0. The smallest absolute Gasteiger partial charge is 0.173 e. The highest BCUT2D eigenvalue weighted by Crippen LogP contribution is 2.25. The zero-order valence-corrected chi connectivity index (χ0v) is 15.1. The highest BCUT2D eigenvalue weighted by Gasteiger charge is 2.16. The van der Waals surface area contributed by atoms with Crippen molar-refractivity contribution in [3.63, 3.8) is 0 Å². The molecule has 24 heavy (non-hydrogen) atoms. The normalized spacial score (nSPS) is 14.3. The van der Waals surface area contributed by atoms with E-state index in [0.717, 1.165) is 24.2 Å². The lowest BCUT2D eigenvalue weighted by atomic mass is 10.00. The van der Waals surface area contributed by atoms with Gasteiger partial charge in [0.2, 0.25) is 0 Å². The summed E-state index contributed by atoms with van der Waals surface area (Å²) >= 11 is 17.5. The first-order chi connectivity index (χ1) is 11.5. The van der Waals surface area contributed by atoms with E-state index < -0.39 is 0 Å². The number of nitrogens with one attached hydrogen (secondary N) is 1. The van der Waals surface area contributed by atoms with Gasteiger partial charge in [-0.3, -0.25) is 0 Å². The summed E-state index contributed by atoms with van der Waals surface area (Å²) in [5, 5.41) is 4.91. The van der Waals surface area contributed by atoms with Gasteiger partial charge in [0.05, 0.1) is 0 Å². The van der Waals surface area contributed by atoms with Crippen molar-refractivity contribution in [2.24, 2.45) is 0 Å². The van der Waals surface area contributed by atoms with Gasteiger partial charge in [-0.05, 0) is 60.1 Å². The van der Waals surface area contributed by atoms with E-state index in [0.29, 0.717) is 21.7 Å². The zero-order valence-electron chi connectivity index (χ0n) is 12.7. The molecule has 0 atom stereocenters. The fourth-order valence-electron chi connectivity index (χ4n) is 2.61. The quantitative estimate of drug-likeness (QED) is 0.680. The fraction of sp³-hybridized carbons (Fsp3) is 0.167. The number of thiocarbonyl (C=S) groups is 1. The lowest BCUT2D eigenvalue weighted by Crippen LogP contribution is -2.37. The Labute approximate surface area is 155 Å². The summed E-state index contributed by atoms with van der Waals surface area (Å²) in [6.45, 7) is 1.50. The van der Waals surface area contributed by atoms with Crippen molar-refractivity contribution in [2.45, 2.75) is 6.42 Å². The molecule has 0 spiro atoms. The molecule has 0 aromatic heterocycles. The second kappa shape index (κ2) is 7.51. The van der Waals surface area contributed by atoms with Gasteiger partial charge in [0.25, 0.3) is 0 Å². The van der Waals surface area contributed by atoms with Gasteiger partial charge in [-0.15, -0.1) is 0 Å². The summed E-state index contributed by atoms with van der Waals surface area (Å²) in [6, 6.07) is 11.8. The lowest BCUT2D eigenvalue weighted by molar-refractivity contribution is 0.466. The van der Waals surface area contributed by atoms with Crippen molar-refractivity contribution >= 4 is 51.8 Å². The minimum absolute atomic E-state index is 0.220. The molecule has 2 aromatic rings. The van der Waals surface area contributed by atoms with Gasteiger partial charge in [0.15, 0.2) is 5.11 Å². The number of halogens is 3. The number of anilines is 1. The minimum Gasteiger partial charge on any atom is -0.345 e. The van der Waals surface area contributed by atoms with E-state index in [1.165, 1.54) is 17.7 Å². The molecule has 3 rings (SSSR count). The molecule has 0 unspecified atom stereocenters. The van der Waals surface area contributed by atoms with E-state index in [2.05, 4.69) is 16.3 Å². The number of hydrogen-bond acceptors (Lipinski definition) is 1. The second-order valence-corrected chi connectivity index (χ2v) is 6.78. The first kappa shape index (κ1) is 17.2.